The first-order valence-corrected chi connectivity index (χ1v) is 4.42. The zero-order valence-electron chi connectivity index (χ0n) is 7.30. The molecule has 0 atom stereocenters. The maximum atomic E-state index is 5.70. The molecule has 2 rings (SSSR count). The lowest BCUT2D eigenvalue weighted by atomic mass is 10.0. The summed E-state index contributed by atoms with van der Waals surface area (Å²) in [4.78, 5) is 0. The molecule has 1 aromatic heterocycles. The Morgan fingerprint density at radius 3 is 2.75 bits per heavy atom. The maximum absolute atomic E-state index is 5.70. The van der Waals surface area contributed by atoms with Crippen LogP contribution in [-0.4, -0.2) is 22.0 Å². The van der Waals surface area contributed by atoms with Crippen molar-refractivity contribution in [2.75, 3.05) is 6.54 Å². The van der Waals surface area contributed by atoms with Gasteiger partial charge in [-0.15, -0.1) is 0 Å². The Morgan fingerprint density at radius 2 is 2.25 bits per heavy atom. The molecule has 1 fully saturated rings. The number of nitrogens with one attached hydrogen (secondary N) is 1. The van der Waals surface area contributed by atoms with Gasteiger partial charge < -0.3 is 5.73 Å². The fraction of sp³-hybridized carbons (Fsp3) is 0.750. The first-order valence-electron chi connectivity index (χ1n) is 4.42. The standard InChI is InChI=1S/C8H14N4/c1-2-6-7(11-12-10-6)8(5-9)3-4-8/h2-5,9H2,1H3,(H,10,11,12). The van der Waals surface area contributed by atoms with Gasteiger partial charge in [0.05, 0.1) is 11.4 Å². The molecule has 0 amide bonds. The SMILES string of the molecule is CCc1n[nH]nc1C1(CN)CC1. The Bertz CT molecular complexity index is 274. The summed E-state index contributed by atoms with van der Waals surface area (Å²) in [6.45, 7) is 2.79. The van der Waals surface area contributed by atoms with Crippen LogP contribution in [0.15, 0.2) is 0 Å². The van der Waals surface area contributed by atoms with Crippen LogP contribution in [0.5, 0.6) is 0 Å². The van der Waals surface area contributed by atoms with E-state index in [0.717, 1.165) is 17.8 Å². The van der Waals surface area contributed by atoms with E-state index >= 15 is 0 Å². The molecule has 0 spiro atoms. The van der Waals surface area contributed by atoms with Gasteiger partial charge in [0.25, 0.3) is 0 Å². The molecule has 0 radical (unpaired) electrons. The average Bonchev–Trinajstić information content (AvgIpc) is 2.76. The molecule has 1 aliphatic rings. The van der Waals surface area contributed by atoms with E-state index < -0.39 is 0 Å². The summed E-state index contributed by atoms with van der Waals surface area (Å²) >= 11 is 0. The minimum atomic E-state index is 0.179. The van der Waals surface area contributed by atoms with Crippen molar-refractivity contribution in [3.8, 4) is 0 Å². The summed E-state index contributed by atoms with van der Waals surface area (Å²) < 4.78 is 0. The zero-order valence-corrected chi connectivity index (χ0v) is 7.30. The second kappa shape index (κ2) is 2.55. The summed E-state index contributed by atoms with van der Waals surface area (Å²) in [5, 5.41) is 10.9. The summed E-state index contributed by atoms with van der Waals surface area (Å²) in [5.74, 6) is 0. The highest BCUT2D eigenvalue weighted by molar-refractivity contribution is 5.28. The number of aromatic amines is 1. The number of nitrogens with zero attached hydrogens (tertiary/aromatic N) is 2. The molecular weight excluding hydrogens is 152 g/mol. The van der Waals surface area contributed by atoms with Crippen molar-refractivity contribution in [1.82, 2.24) is 15.4 Å². The summed E-state index contributed by atoms with van der Waals surface area (Å²) in [5.41, 5.74) is 8.07. The van der Waals surface area contributed by atoms with Crippen LogP contribution in [0.2, 0.25) is 0 Å². The molecule has 4 nitrogen and oxygen atoms in total. The molecule has 0 saturated heterocycles. The van der Waals surface area contributed by atoms with Gasteiger partial charge in [0.1, 0.15) is 0 Å². The van der Waals surface area contributed by atoms with Crippen LogP contribution in [0.25, 0.3) is 0 Å². The van der Waals surface area contributed by atoms with Crippen molar-refractivity contribution in [3.63, 3.8) is 0 Å². The molecule has 0 bridgehead atoms. The first-order chi connectivity index (χ1) is 5.82. The third-order valence-electron chi connectivity index (χ3n) is 2.70. The molecule has 0 unspecified atom stereocenters. The van der Waals surface area contributed by atoms with Crippen LogP contribution in [-0.2, 0) is 11.8 Å². The van der Waals surface area contributed by atoms with Gasteiger partial charge in [0, 0.05) is 12.0 Å². The Labute approximate surface area is 71.5 Å². The summed E-state index contributed by atoms with van der Waals surface area (Å²) in [7, 11) is 0. The Kier molecular flexibility index (Phi) is 1.65. The van der Waals surface area contributed by atoms with E-state index in [4.69, 9.17) is 5.73 Å². The van der Waals surface area contributed by atoms with Gasteiger partial charge in [0.15, 0.2) is 0 Å². The molecule has 12 heavy (non-hydrogen) atoms. The highest BCUT2D eigenvalue weighted by atomic mass is 15.3. The molecule has 0 aliphatic heterocycles. The monoisotopic (exact) mass is 166 g/mol. The number of hydrogen-bond acceptors (Lipinski definition) is 3. The minimum absolute atomic E-state index is 0.179. The third-order valence-corrected chi connectivity index (χ3v) is 2.70. The van der Waals surface area contributed by atoms with E-state index in [-0.39, 0.29) is 5.41 Å². The highest BCUT2D eigenvalue weighted by Crippen LogP contribution is 2.47. The zero-order chi connectivity index (χ0) is 8.60. The molecule has 4 heteroatoms. The van der Waals surface area contributed by atoms with Gasteiger partial charge in [-0.3, -0.25) is 0 Å². The van der Waals surface area contributed by atoms with Crippen LogP contribution >= 0.6 is 0 Å². The fourth-order valence-corrected chi connectivity index (χ4v) is 1.61. The Balaban J connectivity index is 2.32. The number of nitrogens with two attached hydrogens (primary N) is 1. The summed E-state index contributed by atoms with van der Waals surface area (Å²) in [6, 6.07) is 0. The van der Waals surface area contributed by atoms with E-state index in [0.29, 0.717) is 6.54 Å². The fourth-order valence-electron chi connectivity index (χ4n) is 1.61. The smallest absolute Gasteiger partial charge is 0.0930 e. The van der Waals surface area contributed by atoms with Gasteiger partial charge in [-0.2, -0.15) is 15.4 Å². The molecule has 1 aromatic rings. The van der Waals surface area contributed by atoms with Crippen LogP contribution < -0.4 is 5.73 Å². The lowest BCUT2D eigenvalue weighted by molar-refractivity contribution is 0.666. The molecule has 1 aliphatic carbocycles. The molecular formula is C8H14N4. The molecule has 0 aromatic carbocycles. The number of aryl methyl sites for hydroxylation is 1. The highest BCUT2D eigenvalue weighted by Gasteiger charge is 2.46. The van der Waals surface area contributed by atoms with Crippen molar-refractivity contribution in [2.45, 2.75) is 31.6 Å². The molecule has 3 N–H and O–H groups in total. The number of H-pyrrole nitrogens is 1. The molecule has 1 heterocycles. The third kappa shape index (κ3) is 0.948. The second-order valence-electron chi connectivity index (χ2n) is 3.46. The van der Waals surface area contributed by atoms with Gasteiger partial charge in [-0.1, -0.05) is 6.92 Å². The number of rotatable bonds is 3. The first kappa shape index (κ1) is 7.73. The van der Waals surface area contributed by atoms with Crippen LogP contribution in [0, 0.1) is 0 Å². The van der Waals surface area contributed by atoms with E-state index in [1.165, 1.54) is 12.8 Å². The van der Waals surface area contributed by atoms with Crippen molar-refractivity contribution in [1.29, 1.82) is 0 Å². The van der Waals surface area contributed by atoms with Crippen LogP contribution in [0.3, 0.4) is 0 Å². The lowest BCUT2D eigenvalue weighted by Gasteiger charge is -2.08. The van der Waals surface area contributed by atoms with Gasteiger partial charge in [-0.25, -0.2) is 0 Å². The van der Waals surface area contributed by atoms with E-state index in [1.54, 1.807) is 0 Å². The largest absolute Gasteiger partial charge is 0.330 e. The molecule has 1 saturated carbocycles. The molecule has 66 valence electrons. The topological polar surface area (TPSA) is 67.6 Å². The van der Waals surface area contributed by atoms with Gasteiger partial charge >= 0.3 is 0 Å². The van der Waals surface area contributed by atoms with Crippen LogP contribution in [0.4, 0.5) is 0 Å². The minimum Gasteiger partial charge on any atom is -0.330 e. The van der Waals surface area contributed by atoms with E-state index in [9.17, 15) is 0 Å². The maximum Gasteiger partial charge on any atom is 0.0930 e. The number of hydrogen-bond donors (Lipinski definition) is 2. The lowest BCUT2D eigenvalue weighted by Crippen LogP contribution is -2.21. The van der Waals surface area contributed by atoms with Gasteiger partial charge in [-0.05, 0) is 19.3 Å². The van der Waals surface area contributed by atoms with Crippen molar-refractivity contribution in [3.05, 3.63) is 11.4 Å². The normalized spacial score (nSPS) is 19.5. The van der Waals surface area contributed by atoms with Crippen molar-refractivity contribution < 1.29 is 0 Å². The Hall–Kier alpha value is -0.900. The average molecular weight is 166 g/mol. The van der Waals surface area contributed by atoms with Crippen molar-refractivity contribution >= 4 is 0 Å². The second-order valence-corrected chi connectivity index (χ2v) is 3.46. The number of aromatic nitrogens is 3. The van der Waals surface area contributed by atoms with Crippen molar-refractivity contribution in [2.24, 2.45) is 5.73 Å². The summed E-state index contributed by atoms with van der Waals surface area (Å²) in [6.07, 6.45) is 3.28. The predicted molar refractivity (Wildman–Crippen MR) is 45.7 cm³/mol. The predicted octanol–water partition coefficient (Wildman–Crippen LogP) is 0.357. The quantitative estimate of drug-likeness (QED) is 0.681. The Morgan fingerprint density at radius 1 is 1.50 bits per heavy atom. The van der Waals surface area contributed by atoms with Crippen LogP contribution in [0.1, 0.15) is 31.2 Å². The van der Waals surface area contributed by atoms with Gasteiger partial charge in [0.2, 0.25) is 0 Å². The van der Waals surface area contributed by atoms with E-state index in [1.807, 2.05) is 0 Å². The van der Waals surface area contributed by atoms with E-state index in [2.05, 4.69) is 22.3 Å².